The highest BCUT2D eigenvalue weighted by molar-refractivity contribution is 6.07. The normalized spacial score (nSPS) is 28.3. The second-order valence-corrected chi connectivity index (χ2v) is 10.1. The highest BCUT2D eigenvalue weighted by Crippen LogP contribution is 2.46. The number of amides is 3. The highest BCUT2D eigenvalue weighted by atomic mass is 16.7. The van der Waals surface area contributed by atoms with Crippen molar-refractivity contribution in [1.29, 1.82) is 0 Å². The van der Waals surface area contributed by atoms with Crippen molar-refractivity contribution >= 4 is 23.4 Å². The van der Waals surface area contributed by atoms with Gasteiger partial charge < -0.3 is 10.2 Å². The Labute approximate surface area is 195 Å². The van der Waals surface area contributed by atoms with E-state index >= 15 is 0 Å². The number of imide groups is 1. The van der Waals surface area contributed by atoms with E-state index in [1.165, 1.54) is 4.90 Å². The van der Waals surface area contributed by atoms with Gasteiger partial charge in [0.25, 0.3) is 5.91 Å². The first kappa shape index (κ1) is 22.3. The number of nitrogens with one attached hydrogen (secondary N) is 1. The van der Waals surface area contributed by atoms with Gasteiger partial charge in [0.15, 0.2) is 6.10 Å². The van der Waals surface area contributed by atoms with Crippen LogP contribution >= 0.6 is 0 Å². The first-order chi connectivity index (χ1) is 15.9. The van der Waals surface area contributed by atoms with Crippen molar-refractivity contribution in [2.45, 2.75) is 63.1 Å². The molecule has 178 valence electrons. The summed E-state index contributed by atoms with van der Waals surface area (Å²) in [6, 6.07) is 7.44. The van der Waals surface area contributed by atoms with Crippen LogP contribution in [0.15, 0.2) is 24.3 Å². The molecule has 4 aliphatic rings. The van der Waals surface area contributed by atoms with Crippen molar-refractivity contribution in [2.24, 2.45) is 11.8 Å². The molecule has 33 heavy (non-hydrogen) atoms. The third kappa shape index (κ3) is 4.38. The fourth-order valence-corrected chi connectivity index (χ4v) is 5.45. The molecule has 1 N–H and O–H groups in total. The van der Waals surface area contributed by atoms with Gasteiger partial charge in [0.05, 0.1) is 12.0 Å². The van der Waals surface area contributed by atoms with Crippen LogP contribution < -0.4 is 10.2 Å². The number of likely N-dealkylation sites (tertiary alicyclic amines) is 1. The lowest BCUT2D eigenvalue weighted by Crippen LogP contribution is -2.45. The summed E-state index contributed by atoms with van der Waals surface area (Å²) in [6.45, 7) is 0.679. The number of fused-ring (bicyclic) bond motifs is 1. The minimum Gasteiger partial charge on any atom is -0.378 e. The van der Waals surface area contributed by atoms with E-state index < -0.39 is 18.1 Å². The number of hydroxylamine groups is 2. The van der Waals surface area contributed by atoms with Gasteiger partial charge in [0.1, 0.15) is 6.54 Å². The summed E-state index contributed by atoms with van der Waals surface area (Å²) >= 11 is 0. The molecule has 3 amide bonds. The molecule has 2 saturated heterocycles. The lowest BCUT2D eigenvalue weighted by atomic mass is 9.90. The smallest absolute Gasteiger partial charge is 0.261 e. The predicted octanol–water partition coefficient (Wildman–Crippen LogP) is 2.25. The van der Waals surface area contributed by atoms with Crippen LogP contribution in [0.5, 0.6) is 0 Å². The van der Waals surface area contributed by atoms with Crippen molar-refractivity contribution in [3.63, 3.8) is 0 Å². The number of nitrogens with zero attached hydrogens (tertiary/aromatic N) is 3. The topological polar surface area (TPSA) is 82.2 Å². The Bertz CT molecular complexity index is 907. The number of carbonyl (C=O) groups is 3. The average Bonchev–Trinajstić information content (AvgIpc) is 3.52. The molecule has 3 atom stereocenters. The molecule has 5 rings (SSSR count). The van der Waals surface area contributed by atoms with Crippen LogP contribution in [0, 0.1) is 11.8 Å². The Morgan fingerprint density at radius 2 is 1.73 bits per heavy atom. The molecule has 0 aromatic heterocycles. The maximum absolute atomic E-state index is 13.6. The van der Waals surface area contributed by atoms with E-state index in [9.17, 15) is 14.4 Å². The molecule has 2 aliphatic heterocycles. The maximum atomic E-state index is 13.6. The van der Waals surface area contributed by atoms with Gasteiger partial charge in [0, 0.05) is 32.4 Å². The third-order valence-electron chi connectivity index (χ3n) is 7.50. The van der Waals surface area contributed by atoms with Crippen LogP contribution in [0.4, 0.5) is 5.69 Å². The standard InChI is InChI=1S/C25H34N4O4/c1-27(2)18-12-10-17(11-13-18)22-21-23(33-28(22)15-20(30)26-14-16-8-9-16)25(32)29(24(21)31)19-6-4-3-5-7-19/h10-13,16,19,21-23H,3-9,14-15H2,1-2H3,(H,26,30). The minimum atomic E-state index is -0.853. The van der Waals surface area contributed by atoms with Crippen LogP contribution in [0.3, 0.4) is 0 Å². The molecular weight excluding hydrogens is 420 g/mol. The SMILES string of the molecule is CN(C)c1ccc(C2C3C(=O)N(C4CCCCC4)C(=O)C3ON2CC(=O)NCC2CC2)cc1. The Balaban J connectivity index is 1.40. The van der Waals surface area contributed by atoms with Crippen molar-refractivity contribution < 1.29 is 19.2 Å². The number of anilines is 1. The quantitative estimate of drug-likeness (QED) is 0.637. The van der Waals surface area contributed by atoms with Crippen LogP contribution in [-0.4, -0.2) is 67.0 Å². The minimum absolute atomic E-state index is 0.00378. The predicted molar refractivity (Wildman–Crippen MR) is 123 cm³/mol. The van der Waals surface area contributed by atoms with Crippen molar-refractivity contribution in [3.8, 4) is 0 Å². The lowest BCUT2D eigenvalue weighted by molar-refractivity contribution is -0.183. The van der Waals surface area contributed by atoms with Crippen LogP contribution in [0.1, 0.15) is 56.6 Å². The first-order valence-corrected chi connectivity index (χ1v) is 12.3. The molecule has 0 spiro atoms. The molecule has 0 radical (unpaired) electrons. The third-order valence-corrected chi connectivity index (χ3v) is 7.50. The van der Waals surface area contributed by atoms with Crippen LogP contribution in [0.25, 0.3) is 0 Å². The van der Waals surface area contributed by atoms with E-state index in [1.54, 1.807) is 5.06 Å². The zero-order valence-corrected chi connectivity index (χ0v) is 19.5. The van der Waals surface area contributed by atoms with E-state index in [4.69, 9.17) is 4.84 Å². The number of hydrogen-bond acceptors (Lipinski definition) is 6. The molecule has 8 nitrogen and oxygen atoms in total. The van der Waals surface area contributed by atoms with Gasteiger partial charge in [-0.05, 0) is 49.3 Å². The summed E-state index contributed by atoms with van der Waals surface area (Å²) < 4.78 is 0. The van der Waals surface area contributed by atoms with Crippen molar-refractivity contribution in [1.82, 2.24) is 15.3 Å². The molecule has 1 aromatic rings. The lowest BCUT2D eigenvalue weighted by Gasteiger charge is -2.32. The van der Waals surface area contributed by atoms with Crippen LogP contribution in [0.2, 0.25) is 0 Å². The summed E-state index contributed by atoms with van der Waals surface area (Å²) in [7, 11) is 3.95. The average molecular weight is 455 g/mol. The molecule has 3 unspecified atom stereocenters. The van der Waals surface area contributed by atoms with Gasteiger partial charge in [0.2, 0.25) is 11.8 Å². The van der Waals surface area contributed by atoms with Gasteiger partial charge in [-0.3, -0.25) is 24.1 Å². The second kappa shape index (κ2) is 9.06. The summed E-state index contributed by atoms with van der Waals surface area (Å²) in [5.41, 5.74) is 1.93. The Kier molecular flexibility index (Phi) is 6.14. The van der Waals surface area contributed by atoms with E-state index in [2.05, 4.69) is 5.32 Å². The zero-order valence-electron chi connectivity index (χ0n) is 19.5. The molecule has 2 aliphatic carbocycles. The highest BCUT2D eigenvalue weighted by Gasteiger charge is 2.60. The molecular formula is C25H34N4O4. The maximum Gasteiger partial charge on any atom is 0.261 e. The summed E-state index contributed by atoms with van der Waals surface area (Å²) in [5.74, 6) is -0.580. The van der Waals surface area contributed by atoms with Gasteiger partial charge in [-0.1, -0.05) is 31.4 Å². The first-order valence-electron chi connectivity index (χ1n) is 12.3. The van der Waals surface area contributed by atoms with Gasteiger partial charge in [-0.25, -0.2) is 0 Å². The number of hydrogen-bond donors (Lipinski definition) is 1. The largest absolute Gasteiger partial charge is 0.378 e. The van der Waals surface area contributed by atoms with Crippen LogP contribution in [-0.2, 0) is 19.2 Å². The Morgan fingerprint density at radius 3 is 2.36 bits per heavy atom. The summed E-state index contributed by atoms with van der Waals surface area (Å²) in [6.07, 6.45) is 6.44. The molecule has 8 heteroatoms. The number of rotatable bonds is 7. The molecule has 4 fully saturated rings. The number of carbonyl (C=O) groups excluding carboxylic acids is 3. The molecule has 1 aromatic carbocycles. The Morgan fingerprint density at radius 1 is 1.03 bits per heavy atom. The van der Waals surface area contributed by atoms with E-state index in [-0.39, 0.29) is 30.3 Å². The Hall–Kier alpha value is -2.45. The van der Waals surface area contributed by atoms with Gasteiger partial charge in [-0.2, -0.15) is 5.06 Å². The van der Waals surface area contributed by atoms with Gasteiger partial charge >= 0.3 is 0 Å². The number of benzene rings is 1. The van der Waals surface area contributed by atoms with E-state index in [0.29, 0.717) is 12.5 Å². The molecule has 0 bridgehead atoms. The van der Waals surface area contributed by atoms with Crippen molar-refractivity contribution in [3.05, 3.63) is 29.8 Å². The monoisotopic (exact) mass is 454 g/mol. The molecule has 2 saturated carbocycles. The summed E-state index contributed by atoms with van der Waals surface area (Å²) in [5, 5.41) is 4.53. The zero-order chi connectivity index (χ0) is 23.1. The fourth-order valence-electron chi connectivity index (χ4n) is 5.45. The summed E-state index contributed by atoms with van der Waals surface area (Å²) in [4.78, 5) is 49.1. The van der Waals surface area contributed by atoms with Gasteiger partial charge in [-0.15, -0.1) is 0 Å². The van der Waals surface area contributed by atoms with E-state index in [0.717, 1.165) is 56.2 Å². The second-order valence-electron chi connectivity index (χ2n) is 10.1. The van der Waals surface area contributed by atoms with E-state index in [1.807, 2.05) is 43.3 Å². The van der Waals surface area contributed by atoms with Crippen molar-refractivity contribution in [2.75, 3.05) is 32.1 Å². The molecule has 2 heterocycles. The fraction of sp³-hybridized carbons (Fsp3) is 0.640.